The molecule has 3 N–H and O–H groups in total. The molecule has 1 aromatic carbocycles. The molecule has 1 aromatic rings. The first-order valence-corrected chi connectivity index (χ1v) is 5.98. The second-order valence-electron chi connectivity index (χ2n) is 5.54. The Bertz CT molecular complexity index is 380. The third-order valence-electron chi connectivity index (χ3n) is 2.60. The fraction of sp³-hybridized carbons (Fsp3) is 0.500. The second kappa shape index (κ2) is 5.71. The molecule has 3 heteroatoms. The van der Waals surface area contributed by atoms with Gasteiger partial charge in [0.25, 0.3) is 0 Å². The maximum atomic E-state index is 11.7. The number of rotatable bonds is 4. The van der Waals surface area contributed by atoms with Crippen LogP contribution in [-0.4, -0.2) is 12.5 Å². The number of hydrogen-bond donors (Lipinski definition) is 2. The number of anilines is 1. The van der Waals surface area contributed by atoms with Gasteiger partial charge >= 0.3 is 0 Å². The Morgan fingerprint density at radius 1 is 1.29 bits per heavy atom. The molecule has 94 valence electrons. The van der Waals surface area contributed by atoms with Crippen LogP contribution < -0.4 is 11.1 Å². The van der Waals surface area contributed by atoms with Crippen LogP contribution in [0.1, 0.15) is 32.8 Å². The van der Waals surface area contributed by atoms with Gasteiger partial charge in [0, 0.05) is 12.2 Å². The van der Waals surface area contributed by atoms with Gasteiger partial charge in [0.05, 0.1) is 6.42 Å². The number of hydrogen-bond acceptors (Lipinski definition) is 2. The van der Waals surface area contributed by atoms with Crippen molar-refractivity contribution < 1.29 is 4.79 Å². The van der Waals surface area contributed by atoms with Crippen LogP contribution >= 0.6 is 0 Å². The number of benzene rings is 1. The molecule has 0 atom stereocenters. The van der Waals surface area contributed by atoms with Crippen molar-refractivity contribution in [3.63, 3.8) is 0 Å². The van der Waals surface area contributed by atoms with E-state index in [9.17, 15) is 4.79 Å². The molecular weight excluding hydrogens is 212 g/mol. The third kappa shape index (κ3) is 5.38. The van der Waals surface area contributed by atoms with E-state index in [0.717, 1.165) is 18.5 Å². The van der Waals surface area contributed by atoms with E-state index in [1.807, 2.05) is 24.3 Å². The van der Waals surface area contributed by atoms with E-state index >= 15 is 0 Å². The average Bonchev–Trinajstić information content (AvgIpc) is 2.19. The van der Waals surface area contributed by atoms with E-state index in [1.165, 1.54) is 0 Å². The largest absolute Gasteiger partial charge is 0.398 e. The summed E-state index contributed by atoms with van der Waals surface area (Å²) >= 11 is 0. The molecule has 0 aliphatic heterocycles. The molecule has 0 heterocycles. The minimum Gasteiger partial charge on any atom is -0.398 e. The van der Waals surface area contributed by atoms with Gasteiger partial charge in [-0.3, -0.25) is 4.79 Å². The highest BCUT2D eigenvalue weighted by Crippen LogP contribution is 2.17. The van der Waals surface area contributed by atoms with Gasteiger partial charge in [0.2, 0.25) is 5.91 Å². The minimum absolute atomic E-state index is 0.0344. The predicted molar refractivity (Wildman–Crippen MR) is 71.6 cm³/mol. The van der Waals surface area contributed by atoms with E-state index < -0.39 is 0 Å². The smallest absolute Gasteiger partial charge is 0.224 e. The maximum absolute atomic E-state index is 11.7. The topological polar surface area (TPSA) is 55.1 Å². The number of nitrogen functional groups attached to an aromatic ring is 1. The molecule has 0 saturated carbocycles. The zero-order valence-electron chi connectivity index (χ0n) is 10.9. The van der Waals surface area contributed by atoms with Gasteiger partial charge in [-0.25, -0.2) is 0 Å². The van der Waals surface area contributed by atoms with E-state index in [4.69, 9.17) is 5.73 Å². The van der Waals surface area contributed by atoms with Gasteiger partial charge < -0.3 is 11.1 Å². The van der Waals surface area contributed by atoms with Crippen LogP contribution in [0.4, 0.5) is 5.69 Å². The molecule has 0 aromatic heterocycles. The van der Waals surface area contributed by atoms with Crippen molar-refractivity contribution >= 4 is 11.6 Å². The average molecular weight is 234 g/mol. The molecule has 0 saturated heterocycles. The number of carbonyl (C=O) groups excluding carboxylic acids is 1. The predicted octanol–water partition coefficient (Wildman–Crippen LogP) is 2.36. The van der Waals surface area contributed by atoms with E-state index in [-0.39, 0.29) is 11.3 Å². The summed E-state index contributed by atoms with van der Waals surface area (Å²) in [7, 11) is 0. The molecule has 17 heavy (non-hydrogen) atoms. The highest BCUT2D eigenvalue weighted by atomic mass is 16.1. The quantitative estimate of drug-likeness (QED) is 0.786. The Morgan fingerprint density at radius 3 is 2.53 bits per heavy atom. The van der Waals surface area contributed by atoms with Crippen LogP contribution in [0.3, 0.4) is 0 Å². The first-order chi connectivity index (χ1) is 7.88. The molecule has 0 spiro atoms. The summed E-state index contributed by atoms with van der Waals surface area (Å²) in [5, 5.41) is 2.92. The van der Waals surface area contributed by atoms with Crippen LogP contribution in [0.25, 0.3) is 0 Å². The lowest BCUT2D eigenvalue weighted by molar-refractivity contribution is -0.120. The lowest BCUT2D eigenvalue weighted by Gasteiger charge is -2.18. The van der Waals surface area contributed by atoms with Crippen molar-refractivity contribution in [3.8, 4) is 0 Å². The molecule has 1 rings (SSSR count). The van der Waals surface area contributed by atoms with Crippen molar-refractivity contribution in [3.05, 3.63) is 29.8 Å². The molecule has 0 bridgehead atoms. The summed E-state index contributed by atoms with van der Waals surface area (Å²) in [4.78, 5) is 11.7. The Labute approximate surface area is 103 Å². The van der Waals surface area contributed by atoms with Crippen molar-refractivity contribution in [1.82, 2.24) is 5.32 Å². The van der Waals surface area contributed by atoms with Gasteiger partial charge in [-0.15, -0.1) is 0 Å². The highest BCUT2D eigenvalue weighted by molar-refractivity contribution is 5.80. The zero-order valence-corrected chi connectivity index (χ0v) is 10.9. The van der Waals surface area contributed by atoms with E-state index in [0.29, 0.717) is 12.1 Å². The van der Waals surface area contributed by atoms with Crippen molar-refractivity contribution in [2.45, 2.75) is 33.6 Å². The number of amides is 1. The summed E-state index contributed by atoms with van der Waals surface area (Å²) < 4.78 is 0. The van der Waals surface area contributed by atoms with Crippen LogP contribution in [0.2, 0.25) is 0 Å². The first kappa shape index (κ1) is 13.6. The van der Waals surface area contributed by atoms with Crippen molar-refractivity contribution in [2.75, 3.05) is 12.3 Å². The van der Waals surface area contributed by atoms with E-state index in [1.54, 1.807) is 0 Å². The SMILES string of the molecule is CC(C)(C)CCNC(=O)Cc1ccccc1N. The molecule has 3 nitrogen and oxygen atoms in total. The van der Waals surface area contributed by atoms with Gasteiger partial charge in [-0.2, -0.15) is 0 Å². The number of para-hydroxylation sites is 1. The van der Waals surface area contributed by atoms with Gasteiger partial charge in [0.15, 0.2) is 0 Å². The maximum Gasteiger partial charge on any atom is 0.224 e. The van der Waals surface area contributed by atoms with Gasteiger partial charge in [-0.05, 0) is 23.5 Å². The molecule has 0 unspecified atom stereocenters. The molecular formula is C14H22N2O. The van der Waals surface area contributed by atoms with Crippen LogP contribution in [0.5, 0.6) is 0 Å². The fourth-order valence-electron chi connectivity index (χ4n) is 1.51. The van der Waals surface area contributed by atoms with Crippen LogP contribution in [0.15, 0.2) is 24.3 Å². The van der Waals surface area contributed by atoms with Gasteiger partial charge in [0.1, 0.15) is 0 Å². The monoisotopic (exact) mass is 234 g/mol. The summed E-state index contributed by atoms with van der Waals surface area (Å²) in [5.74, 6) is 0.0344. The number of carbonyl (C=O) groups is 1. The molecule has 1 amide bonds. The lowest BCUT2D eigenvalue weighted by Crippen LogP contribution is -2.28. The Hall–Kier alpha value is -1.51. The molecule has 0 radical (unpaired) electrons. The number of nitrogens with one attached hydrogen (secondary N) is 1. The molecule has 0 aliphatic carbocycles. The van der Waals surface area contributed by atoms with Crippen LogP contribution in [-0.2, 0) is 11.2 Å². The molecule has 0 fully saturated rings. The van der Waals surface area contributed by atoms with E-state index in [2.05, 4.69) is 26.1 Å². The highest BCUT2D eigenvalue weighted by Gasteiger charge is 2.11. The number of nitrogens with two attached hydrogens (primary N) is 1. The zero-order chi connectivity index (χ0) is 12.9. The Balaban J connectivity index is 2.38. The normalized spacial score (nSPS) is 11.2. The summed E-state index contributed by atoms with van der Waals surface area (Å²) in [6.07, 6.45) is 1.33. The minimum atomic E-state index is 0.0344. The second-order valence-corrected chi connectivity index (χ2v) is 5.54. The summed E-state index contributed by atoms with van der Waals surface area (Å²) in [5.41, 5.74) is 7.60. The first-order valence-electron chi connectivity index (χ1n) is 5.98. The van der Waals surface area contributed by atoms with Gasteiger partial charge in [-0.1, -0.05) is 39.0 Å². The molecule has 0 aliphatic rings. The Kier molecular flexibility index (Phi) is 4.55. The fourth-order valence-corrected chi connectivity index (χ4v) is 1.51. The third-order valence-corrected chi connectivity index (χ3v) is 2.60. The summed E-state index contributed by atoms with van der Waals surface area (Å²) in [6, 6.07) is 7.47. The lowest BCUT2D eigenvalue weighted by atomic mass is 9.92. The van der Waals surface area contributed by atoms with Crippen LogP contribution in [0, 0.1) is 5.41 Å². The standard InChI is InChI=1S/C14H22N2O/c1-14(2,3)8-9-16-13(17)10-11-6-4-5-7-12(11)15/h4-7H,8-10,15H2,1-3H3,(H,16,17). The summed E-state index contributed by atoms with van der Waals surface area (Å²) in [6.45, 7) is 7.20. The Morgan fingerprint density at radius 2 is 1.94 bits per heavy atom. The van der Waals surface area contributed by atoms with Crippen molar-refractivity contribution in [1.29, 1.82) is 0 Å². The van der Waals surface area contributed by atoms with Crippen molar-refractivity contribution in [2.24, 2.45) is 5.41 Å².